The van der Waals surface area contributed by atoms with Crippen molar-refractivity contribution >= 4 is 34.2 Å². The first-order valence-corrected chi connectivity index (χ1v) is 9.06. The minimum Gasteiger partial charge on any atom is -0.462 e. The van der Waals surface area contributed by atoms with Crippen molar-refractivity contribution < 1.29 is 28.9 Å². The molecule has 1 heterocycles. The first kappa shape index (κ1) is 21.4. The summed E-state index contributed by atoms with van der Waals surface area (Å²) in [5.41, 5.74) is 0.108. The number of esters is 2. The fourth-order valence-corrected chi connectivity index (χ4v) is 3.17. The predicted octanol–water partition coefficient (Wildman–Crippen LogP) is 3.70. The molecule has 0 fully saturated rings. The number of nitro groups is 2. The maximum Gasteiger partial charge on any atom is 0.344 e. The molecule has 0 radical (unpaired) electrons. The van der Waals surface area contributed by atoms with E-state index in [-0.39, 0.29) is 17.9 Å². The third-order valence-corrected chi connectivity index (χ3v) is 4.71. The average molecular weight is 427 g/mol. The van der Waals surface area contributed by atoms with Crippen LogP contribution in [0.25, 0.3) is 10.9 Å². The van der Waals surface area contributed by atoms with Crippen LogP contribution in [0.3, 0.4) is 0 Å². The van der Waals surface area contributed by atoms with Crippen molar-refractivity contribution in [1.29, 1.82) is 0 Å². The van der Waals surface area contributed by atoms with E-state index in [1.807, 2.05) is 0 Å². The molecule has 31 heavy (non-hydrogen) atoms. The number of aryl methyl sites for hydroxylation is 1. The number of hydrogen-bond acceptors (Lipinski definition) is 8. The van der Waals surface area contributed by atoms with E-state index in [1.165, 1.54) is 12.1 Å². The number of rotatable bonds is 6. The molecule has 0 aliphatic carbocycles. The Balaban J connectivity index is 2.01. The van der Waals surface area contributed by atoms with Gasteiger partial charge in [-0.2, -0.15) is 0 Å². The molecule has 0 aliphatic rings. The zero-order valence-corrected chi connectivity index (χ0v) is 16.8. The summed E-state index contributed by atoms with van der Waals surface area (Å²) in [6.45, 7) is 3.62. The average Bonchev–Trinajstić information content (AvgIpc) is 2.97. The maximum absolute atomic E-state index is 12.5. The molecular weight excluding hydrogens is 410 g/mol. The Bertz CT molecular complexity index is 1210. The Kier molecular flexibility index (Phi) is 5.68. The number of hydrogen-bond donors (Lipinski definition) is 0. The molecular formula is C20H17N3O8. The Hall–Kier alpha value is -4.28. The van der Waals surface area contributed by atoms with Crippen molar-refractivity contribution in [3.05, 3.63) is 73.4 Å². The van der Waals surface area contributed by atoms with Gasteiger partial charge in [0, 0.05) is 35.8 Å². The minimum atomic E-state index is -1.02. The van der Waals surface area contributed by atoms with Crippen LogP contribution in [0.2, 0.25) is 0 Å². The van der Waals surface area contributed by atoms with Gasteiger partial charge < -0.3 is 14.0 Å². The van der Waals surface area contributed by atoms with Crippen molar-refractivity contribution in [3.8, 4) is 5.75 Å². The van der Waals surface area contributed by atoms with Crippen LogP contribution in [-0.2, 0) is 11.8 Å². The fourth-order valence-electron chi connectivity index (χ4n) is 3.17. The molecule has 0 spiro atoms. The summed E-state index contributed by atoms with van der Waals surface area (Å²) in [4.78, 5) is 45.3. The van der Waals surface area contributed by atoms with Gasteiger partial charge in [-0.25, -0.2) is 9.59 Å². The van der Waals surface area contributed by atoms with Crippen LogP contribution >= 0.6 is 0 Å². The highest BCUT2D eigenvalue weighted by atomic mass is 16.6. The lowest BCUT2D eigenvalue weighted by Gasteiger charge is -2.06. The van der Waals surface area contributed by atoms with Crippen molar-refractivity contribution in [1.82, 2.24) is 4.57 Å². The number of fused-ring (bicyclic) bond motifs is 1. The predicted molar refractivity (Wildman–Crippen MR) is 108 cm³/mol. The van der Waals surface area contributed by atoms with Crippen molar-refractivity contribution in [2.45, 2.75) is 13.8 Å². The van der Waals surface area contributed by atoms with Gasteiger partial charge in [-0.1, -0.05) is 0 Å². The highest BCUT2D eigenvalue weighted by Crippen LogP contribution is 2.30. The molecule has 2 aromatic carbocycles. The number of carbonyl (C=O) groups is 2. The lowest BCUT2D eigenvalue weighted by Crippen LogP contribution is -2.10. The molecule has 0 amide bonds. The van der Waals surface area contributed by atoms with E-state index in [9.17, 15) is 29.8 Å². The Morgan fingerprint density at radius 2 is 1.61 bits per heavy atom. The largest absolute Gasteiger partial charge is 0.462 e. The number of carbonyl (C=O) groups excluding carboxylic acids is 2. The quantitative estimate of drug-likeness (QED) is 0.251. The summed E-state index contributed by atoms with van der Waals surface area (Å²) >= 11 is 0. The van der Waals surface area contributed by atoms with Crippen LogP contribution in [0.5, 0.6) is 5.75 Å². The summed E-state index contributed by atoms with van der Waals surface area (Å²) in [6, 6.07) is 7.14. The molecule has 0 saturated heterocycles. The third kappa shape index (κ3) is 4.06. The summed E-state index contributed by atoms with van der Waals surface area (Å²) in [6.07, 6.45) is 0. The van der Waals surface area contributed by atoms with Crippen LogP contribution in [0, 0.1) is 27.2 Å². The van der Waals surface area contributed by atoms with E-state index >= 15 is 0 Å². The van der Waals surface area contributed by atoms with Gasteiger partial charge in [-0.05, 0) is 32.0 Å². The molecule has 0 unspecified atom stereocenters. The second kappa shape index (κ2) is 8.22. The van der Waals surface area contributed by atoms with E-state index in [2.05, 4.69) is 0 Å². The fraction of sp³-hybridized carbons (Fsp3) is 0.200. The van der Waals surface area contributed by atoms with Gasteiger partial charge in [-0.15, -0.1) is 0 Å². The lowest BCUT2D eigenvalue weighted by molar-refractivity contribution is -0.394. The Morgan fingerprint density at radius 1 is 1.00 bits per heavy atom. The van der Waals surface area contributed by atoms with Crippen LogP contribution in [0.15, 0.2) is 36.4 Å². The first-order valence-electron chi connectivity index (χ1n) is 9.06. The van der Waals surface area contributed by atoms with Crippen molar-refractivity contribution in [2.75, 3.05) is 6.61 Å². The van der Waals surface area contributed by atoms with Gasteiger partial charge in [-0.3, -0.25) is 20.2 Å². The topological polar surface area (TPSA) is 144 Å². The Morgan fingerprint density at radius 3 is 2.16 bits per heavy atom. The monoisotopic (exact) mass is 427 g/mol. The third-order valence-electron chi connectivity index (χ3n) is 4.71. The smallest absolute Gasteiger partial charge is 0.344 e. The molecule has 3 aromatic rings. The van der Waals surface area contributed by atoms with Crippen LogP contribution in [0.1, 0.15) is 33.3 Å². The summed E-state index contributed by atoms with van der Waals surface area (Å²) in [5.74, 6) is -1.48. The van der Waals surface area contributed by atoms with Crippen molar-refractivity contribution in [2.24, 2.45) is 7.05 Å². The molecule has 1 aromatic heterocycles. The molecule has 0 aliphatic heterocycles. The van der Waals surface area contributed by atoms with E-state index in [0.29, 0.717) is 22.2 Å². The maximum atomic E-state index is 12.5. The summed E-state index contributed by atoms with van der Waals surface area (Å²) in [5, 5.41) is 22.6. The van der Waals surface area contributed by atoms with Crippen LogP contribution < -0.4 is 4.74 Å². The second-order valence-electron chi connectivity index (χ2n) is 6.56. The number of non-ortho nitro benzene ring substituents is 2. The zero-order valence-electron chi connectivity index (χ0n) is 16.8. The molecule has 160 valence electrons. The van der Waals surface area contributed by atoms with Crippen molar-refractivity contribution in [3.63, 3.8) is 0 Å². The van der Waals surface area contributed by atoms with Gasteiger partial charge in [0.15, 0.2) is 0 Å². The van der Waals surface area contributed by atoms with Crippen LogP contribution in [0.4, 0.5) is 11.4 Å². The molecule has 11 heteroatoms. The zero-order chi connectivity index (χ0) is 22.9. The van der Waals surface area contributed by atoms with E-state index in [0.717, 1.165) is 18.2 Å². The highest BCUT2D eigenvalue weighted by molar-refractivity contribution is 6.06. The minimum absolute atomic E-state index is 0.0582. The standard InChI is InChI=1S/C20H17N3O8/c1-4-30-20(25)18-11(2)21(3)17-6-5-15(10-16(17)18)31-19(24)12-7-13(22(26)27)9-14(8-12)23(28)29/h5-10H,4H2,1-3H3. The Labute approximate surface area is 175 Å². The number of nitro benzene ring substituents is 2. The number of benzene rings is 2. The van der Waals surface area contributed by atoms with Crippen LogP contribution in [-0.4, -0.2) is 33.0 Å². The molecule has 0 saturated carbocycles. The van der Waals surface area contributed by atoms with Gasteiger partial charge >= 0.3 is 11.9 Å². The second-order valence-corrected chi connectivity index (χ2v) is 6.56. The molecule has 11 nitrogen and oxygen atoms in total. The normalized spacial score (nSPS) is 10.7. The highest BCUT2D eigenvalue weighted by Gasteiger charge is 2.23. The lowest BCUT2D eigenvalue weighted by atomic mass is 10.1. The van der Waals surface area contributed by atoms with Gasteiger partial charge in [0.25, 0.3) is 11.4 Å². The first-order chi connectivity index (χ1) is 14.6. The number of aromatic nitrogens is 1. The van der Waals surface area contributed by atoms with E-state index in [4.69, 9.17) is 9.47 Å². The molecule has 0 atom stereocenters. The molecule has 3 rings (SSSR count). The SMILES string of the molecule is CCOC(=O)c1c(C)n(C)c2ccc(OC(=O)c3cc([N+](=O)[O-])cc([N+](=O)[O-])c3)cc12. The summed E-state index contributed by atoms with van der Waals surface area (Å²) < 4.78 is 12.2. The van der Waals surface area contributed by atoms with Gasteiger partial charge in [0.05, 0.1) is 33.6 Å². The molecule has 0 bridgehead atoms. The van der Waals surface area contributed by atoms with Gasteiger partial charge in [0.2, 0.25) is 0 Å². The number of ether oxygens (including phenoxy) is 2. The number of nitrogens with zero attached hydrogens (tertiary/aromatic N) is 3. The van der Waals surface area contributed by atoms with Gasteiger partial charge in [0.1, 0.15) is 5.75 Å². The van der Waals surface area contributed by atoms with E-state index in [1.54, 1.807) is 31.5 Å². The van der Waals surface area contributed by atoms with E-state index < -0.39 is 33.2 Å². The summed E-state index contributed by atoms with van der Waals surface area (Å²) in [7, 11) is 1.77. The molecule has 0 N–H and O–H groups in total.